The van der Waals surface area contributed by atoms with Gasteiger partial charge in [0.1, 0.15) is 0 Å². The number of para-hydroxylation sites is 1. The Hall–Kier alpha value is -2.33. The second-order valence-electron chi connectivity index (χ2n) is 5.51. The van der Waals surface area contributed by atoms with Gasteiger partial charge in [0.25, 0.3) is 0 Å². The fourth-order valence-electron chi connectivity index (χ4n) is 2.74. The van der Waals surface area contributed by atoms with E-state index in [-0.39, 0.29) is 12.1 Å². The molecule has 1 saturated heterocycles. The van der Waals surface area contributed by atoms with Crippen LogP contribution in [0.4, 0.5) is 10.5 Å². The van der Waals surface area contributed by atoms with Gasteiger partial charge in [0.2, 0.25) is 0 Å². The van der Waals surface area contributed by atoms with E-state index in [0.717, 1.165) is 25.2 Å². The number of rotatable bonds is 2. The normalized spacial score (nSPS) is 18.5. The van der Waals surface area contributed by atoms with Crippen molar-refractivity contribution in [2.75, 3.05) is 25.0 Å². The van der Waals surface area contributed by atoms with Crippen molar-refractivity contribution in [3.05, 3.63) is 66.2 Å². The van der Waals surface area contributed by atoms with Gasteiger partial charge < -0.3 is 15.5 Å². The number of anilines is 1. The van der Waals surface area contributed by atoms with Gasteiger partial charge in [0.15, 0.2) is 0 Å². The van der Waals surface area contributed by atoms with Crippen LogP contribution in [0.5, 0.6) is 0 Å². The molecule has 0 aliphatic carbocycles. The molecule has 1 fully saturated rings. The molecule has 1 unspecified atom stereocenters. The highest BCUT2D eigenvalue weighted by Gasteiger charge is 2.22. The van der Waals surface area contributed by atoms with Crippen LogP contribution in [0.25, 0.3) is 0 Å². The molecule has 2 amide bonds. The number of hydrogen-bond donors (Lipinski definition) is 2. The zero-order valence-electron chi connectivity index (χ0n) is 12.5. The van der Waals surface area contributed by atoms with E-state index in [1.165, 1.54) is 5.56 Å². The Balaban J connectivity index is 1.68. The third kappa shape index (κ3) is 3.65. The predicted molar refractivity (Wildman–Crippen MR) is 88.8 cm³/mol. The van der Waals surface area contributed by atoms with Crippen LogP contribution in [0, 0.1) is 0 Å². The highest BCUT2D eigenvalue weighted by Crippen LogP contribution is 2.17. The highest BCUT2D eigenvalue weighted by molar-refractivity contribution is 5.89. The van der Waals surface area contributed by atoms with Crippen molar-refractivity contribution in [2.24, 2.45) is 0 Å². The minimum Gasteiger partial charge on any atom is -0.323 e. The Labute approximate surface area is 131 Å². The summed E-state index contributed by atoms with van der Waals surface area (Å²) in [5, 5.41) is 6.50. The molecule has 1 atom stereocenters. The van der Waals surface area contributed by atoms with Crippen LogP contribution in [0.15, 0.2) is 60.7 Å². The van der Waals surface area contributed by atoms with Crippen molar-refractivity contribution in [1.82, 2.24) is 10.2 Å². The van der Waals surface area contributed by atoms with Crippen molar-refractivity contribution < 1.29 is 4.79 Å². The number of carbonyl (C=O) groups is 1. The lowest BCUT2D eigenvalue weighted by Gasteiger charge is -2.25. The number of urea groups is 1. The topological polar surface area (TPSA) is 44.4 Å². The SMILES string of the molecule is O=C(Nc1ccccc1)N1CCCNC(c2ccccc2)C1. The average Bonchev–Trinajstić information content (AvgIpc) is 2.83. The zero-order chi connectivity index (χ0) is 15.2. The molecule has 0 saturated carbocycles. The highest BCUT2D eigenvalue weighted by atomic mass is 16.2. The summed E-state index contributed by atoms with van der Waals surface area (Å²) in [7, 11) is 0. The summed E-state index contributed by atoms with van der Waals surface area (Å²) in [6.07, 6.45) is 0.964. The quantitative estimate of drug-likeness (QED) is 0.893. The smallest absolute Gasteiger partial charge is 0.321 e. The molecule has 2 aromatic carbocycles. The molecule has 1 aliphatic heterocycles. The third-order valence-electron chi connectivity index (χ3n) is 3.91. The van der Waals surface area contributed by atoms with E-state index in [2.05, 4.69) is 22.8 Å². The Kier molecular flexibility index (Phi) is 4.71. The molecule has 1 aliphatic rings. The predicted octanol–water partition coefficient (Wildman–Crippen LogP) is 3.26. The number of amides is 2. The van der Waals surface area contributed by atoms with Crippen molar-refractivity contribution in [3.63, 3.8) is 0 Å². The maximum atomic E-state index is 12.5. The van der Waals surface area contributed by atoms with Crippen LogP contribution in [-0.4, -0.2) is 30.6 Å². The second-order valence-corrected chi connectivity index (χ2v) is 5.51. The van der Waals surface area contributed by atoms with Gasteiger partial charge in [-0.25, -0.2) is 4.79 Å². The summed E-state index contributed by atoms with van der Waals surface area (Å²) in [4.78, 5) is 14.4. The molecular weight excluding hydrogens is 274 g/mol. The summed E-state index contributed by atoms with van der Waals surface area (Å²) >= 11 is 0. The summed E-state index contributed by atoms with van der Waals surface area (Å²) in [6, 6.07) is 20.1. The monoisotopic (exact) mass is 295 g/mol. The second kappa shape index (κ2) is 7.09. The van der Waals surface area contributed by atoms with Crippen LogP contribution in [-0.2, 0) is 0 Å². The molecule has 0 bridgehead atoms. The van der Waals surface area contributed by atoms with E-state index in [9.17, 15) is 4.79 Å². The first-order valence-corrected chi connectivity index (χ1v) is 7.72. The van der Waals surface area contributed by atoms with Gasteiger partial charge in [-0.15, -0.1) is 0 Å². The molecule has 2 aromatic rings. The van der Waals surface area contributed by atoms with Crippen LogP contribution in [0.1, 0.15) is 18.0 Å². The van der Waals surface area contributed by atoms with Gasteiger partial charge in [-0.2, -0.15) is 0 Å². The Morgan fingerprint density at radius 3 is 2.45 bits per heavy atom. The summed E-state index contributed by atoms with van der Waals surface area (Å²) in [6.45, 7) is 2.38. The average molecular weight is 295 g/mol. The first kappa shape index (κ1) is 14.6. The summed E-state index contributed by atoms with van der Waals surface area (Å²) < 4.78 is 0. The van der Waals surface area contributed by atoms with E-state index in [4.69, 9.17) is 0 Å². The first-order valence-electron chi connectivity index (χ1n) is 7.72. The minimum absolute atomic E-state index is 0.0316. The molecule has 4 nitrogen and oxygen atoms in total. The lowest BCUT2D eigenvalue weighted by molar-refractivity contribution is 0.210. The number of nitrogens with zero attached hydrogens (tertiary/aromatic N) is 1. The summed E-state index contributed by atoms with van der Waals surface area (Å²) in [5.41, 5.74) is 2.06. The molecule has 114 valence electrons. The van der Waals surface area contributed by atoms with Gasteiger partial charge in [-0.3, -0.25) is 0 Å². The van der Waals surface area contributed by atoms with Crippen molar-refractivity contribution in [3.8, 4) is 0 Å². The van der Waals surface area contributed by atoms with E-state index in [1.54, 1.807) is 0 Å². The number of hydrogen-bond acceptors (Lipinski definition) is 2. The lowest BCUT2D eigenvalue weighted by atomic mass is 10.1. The van der Waals surface area contributed by atoms with Gasteiger partial charge in [0.05, 0.1) is 0 Å². The maximum Gasteiger partial charge on any atom is 0.321 e. The Bertz CT molecular complexity index is 600. The molecule has 1 heterocycles. The fourth-order valence-corrected chi connectivity index (χ4v) is 2.74. The number of carbonyl (C=O) groups excluding carboxylic acids is 1. The van der Waals surface area contributed by atoms with Crippen molar-refractivity contribution in [1.29, 1.82) is 0 Å². The van der Waals surface area contributed by atoms with Crippen molar-refractivity contribution in [2.45, 2.75) is 12.5 Å². The lowest BCUT2D eigenvalue weighted by Crippen LogP contribution is -2.38. The molecule has 22 heavy (non-hydrogen) atoms. The van der Waals surface area contributed by atoms with E-state index >= 15 is 0 Å². The van der Waals surface area contributed by atoms with Gasteiger partial charge in [0, 0.05) is 24.8 Å². The van der Waals surface area contributed by atoms with Crippen molar-refractivity contribution >= 4 is 11.7 Å². The largest absolute Gasteiger partial charge is 0.323 e. The molecular formula is C18H21N3O. The van der Waals surface area contributed by atoms with Crippen LogP contribution in [0.2, 0.25) is 0 Å². The number of benzene rings is 2. The van der Waals surface area contributed by atoms with E-state index in [1.807, 2.05) is 53.4 Å². The Morgan fingerprint density at radius 2 is 1.73 bits per heavy atom. The molecule has 0 radical (unpaired) electrons. The molecule has 3 rings (SSSR count). The van der Waals surface area contributed by atoms with E-state index < -0.39 is 0 Å². The van der Waals surface area contributed by atoms with Crippen LogP contribution in [0.3, 0.4) is 0 Å². The van der Waals surface area contributed by atoms with Crippen LogP contribution >= 0.6 is 0 Å². The van der Waals surface area contributed by atoms with Gasteiger partial charge in [-0.1, -0.05) is 48.5 Å². The standard InChI is InChI=1S/C18H21N3O/c22-18(20-16-10-5-2-6-11-16)21-13-7-12-19-17(14-21)15-8-3-1-4-9-15/h1-6,8-11,17,19H,7,12-14H2,(H,20,22). The zero-order valence-corrected chi connectivity index (χ0v) is 12.5. The van der Waals surface area contributed by atoms with Gasteiger partial charge >= 0.3 is 6.03 Å². The number of nitrogens with one attached hydrogen (secondary N) is 2. The van der Waals surface area contributed by atoms with E-state index in [0.29, 0.717) is 6.54 Å². The maximum absolute atomic E-state index is 12.5. The molecule has 2 N–H and O–H groups in total. The Morgan fingerprint density at radius 1 is 1.05 bits per heavy atom. The molecule has 0 aromatic heterocycles. The van der Waals surface area contributed by atoms with Gasteiger partial charge in [-0.05, 0) is 30.7 Å². The summed E-state index contributed by atoms with van der Waals surface area (Å²) in [5.74, 6) is 0. The third-order valence-corrected chi connectivity index (χ3v) is 3.91. The minimum atomic E-state index is -0.0316. The molecule has 4 heteroatoms. The van der Waals surface area contributed by atoms with Crippen LogP contribution < -0.4 is 10.6 Å². The fraction of sp³-hybridized carbons (Fsp3) is 0.278. The first-order chi connectivity index (χ1) is 10.8. The molecule has 0 spiro atoms.